The van der Waals surface area contributed by atoms with Crippen LogP contribution in [0.15, 0.2) is 57.4 Å². The van der Waals surface area contributed by atoms with Gasteiger partial charge in [0.25, 0.3) is 0 Å². The summed E-state index contributed by atoms with van der Waals surface area (Å²) in [6, 6.07) is 15.8. The van der Waals surface area contributed by atoms with Gasteiger partial charge in [0, 0.05) is 35.3 Å². The third-order valence-electron chi connectivity index (χ3n) is 3.78. The maximum Gasteiger partial charge on any atom is 0.193 e. The van der Waals surface area contributed by atoms with Gasteiger partial charge in [-0.3, -0.25) is 5.41 Å². The molecule has 0 spiro atoms. The van der Waals surface area contributed by atoms with Crippen LogP contribution >= 0.6 is 15.9 Å². The minimum Gasteiger partial charge on any atom is -0.459 e. The van der Waals surface area contributed by atoms with Gasteiger partial charge in [0.1, 0.15) is 11.3 Å². The van der Waals surface area contributed by atoms with Crippen LogP contribution in [0.1, 0.15) is 5.76 Å². The molecule has 0 saturated heterocycles. The fourth-order valence-electron chi connectivity index (χ4n) is 2.56. The predicted octanol–water partition coefficient (Wildman–Crippen LogP) is 4.16. The van der Waals surface area contributed by atoms with Crippen LogP contribution < -0.4 is 15.5 Å². The number of nitrogens with zero attached hydrogens (tertiary/aromatic N) is 2. The normalized spacial score (nSPS) is 10.8. The van der Waals surface area contributed by atoms with Crippen molar-refractivity contribution >= 4 is 44.2 Å². The van der Waals surface area contributed by atoms with Crippen LogP contribution in [0.3, 0.4) is 0 Å². The summed E-state index contributed by atoms with van der Waals surface area (Å²) in [4.78, 5) is 3.73. The maximum atomic E-state index is 7.95. The van der Waals surface area contributed by atoms with Crippen LogP contribution in [0.4, 0.5) is 11.4 Å². The van der Waals surface area contributed by atoms with Crippen molar-refractivity contribution in [1.82, 2.24) is 0 Å². The summed E-state index contributed by atoms with van der Waals surface area (Å²) in [5.74, 6) is 0.732. The van der Waals surface area contributed by atoms with Crippen molar-refractivity contribution in [2.24, 2.45) is 5.73 Å². The van der Waals surface area contributed by atoms with Crippen LogP contribution in [0.2, 0.25) is 0 Å². The number of halogens is 1. The molecule has 124 valence electrons. The van der Waals surface area contributed by atoms with Gasteiger partial charge in [0.05, 0.1) is 6.54 Å². The number of hydrogen-bond acceptors (Lipinski definition) is 3. The number of benzene rings is 2. The molecule has 0 fully saturated rings. The number of nitrogens with one attached hydrogen (secondary N) is 1. The van der Waals surface area contributed by atoms with E-state index in [4.69, 9.17) is 15.6 Å². The third-order valence-corrected chi connectivity index (χ3v) is 4.23. The second kappa shape index (κ2) is 6.57. The van der Waals surface area contributed by atoms with Crippen LogP contribution in [-0.2, 0) is 6.54 Å². The Morgan fingerprint density at radius 3 is 2.50 bits per heavy atom. The lowest BCUT2D eigenvalue weighted by Crippen LogP contribution is -2.36. The van der Waals surface area contributed by atoms with Crippen molar-refractivity contribution in [1.29, 1.82) is 5.41 Å². The summed E-state index contributed by atoms with van der Waals surface area (Å²) in [5.41, 5.74) is 8.52. The van der Waals surface area contributed by atoms with E-state index in [1.54, 1.807) is 4.90 Å². The minimum absolute atomic E-state index is 0.0294. The monoisotopic (exact) mass is 386 g/mol. The molecule has 2 aromatic carbocycles. The highest BCUT2D eigenvalue weighted by Gasteiger charge is 2.15. The van der Waals surface area contributed by atoms with Gasteiger partial charge >= 0.3 is 0 Å². The number of para-hydroxylation sites is 1. The number of nitrogens with two attached hydrogens (primary N) is 1. The fourth-order valence-corrected chi connectivity index (χ4v) is 3.03. The molecule has 24 heavy (non-hydrogen) atoms. The van der Waals surface area contributed by atoms with Crippen molar-refractivity contribution in [3.8, 4) is 0 Å². The number of hydrogen-bond donors (Lipinski definition) is 2. The quantitative estimate of drug-likeness (QED) is 0.521. The molecule has 3 rings (SSSR count). The standard InChI is InChI=1S/C18H19BrN4O/c1-22(2)14-8-13(19)9-15(10-14)23(18(20)21)11-16-7-12-5-3-4-6-17(12)24-16/h3-10H,11H2,1-2H3,(H3,20,21). The third kappa shape index (κ3) is 3.38. The number of fused-ring (bicyclic) bond motifs is 1. The molecule has 0 aliphatic heterocycles. The molecule has 0 amide bonds. The number of rotatable bonds is 4. The molecule has 0 atom stereocenters. The Kier molecular flexibility index (Phi) is 4.49. The molecule has 0 saturated carbocycles. The highest BCUT2D eigenvalue weighted by atomic mass is 79.9. The second-order valence-electron chi connectivity index (χ2n) is 5.78. The first kappa shape index (κ1) is 16.4. The Morgan fingerprint density at radius 1 is 1.12 bits per heavy atom. The fraction of sp³-hybridized carbons (Fsp3) is 0.167. The first-order valence-corrected chi connectivity index (χ1v) is 8.30. The first-order valence-electron chi connectivity index (χ1n) is 7.51. The summed E-state index contributed by atoms with van der Waals surface area (Å²) in [7, 11) is 3.95. The van der Waals surface area contributed by atoms with Crippen LogP contribution in [0.25, 0.3) is 11.0 Å². The van der Waals surface area contributed by atoms with Crippen molar-refractivity contribution < 1.29 is 4.42 Å². The molecule has 3 N–H and O–H groups in total. The van der Waals surface area contributed by atoms with Gasteiger partial charge in [-0.05, 0) is 30.3 Å². The molecule has 0 aliphatic carbocycles. The SMILES string of the molecule is CN(C)c1cc(Br)cc(N(Cc2cc3ccccc3o2)C(=N)N)c1. The Hall–Kier alpha value is -2.47. The highest BCUT2D eigenvalue weighted by molar-refractivity contribution is 9.10. The molecule has 1 heterocycles. The van der Waals surface area contributed by atoms with E-state index in [0.29, 0.717) is 6.54 Å². The zero-order chi connectivity index (χ0) is 17.3. The van der Waals surface area contributed by atoms with E-state index < -0.39 is 0 Å². The average Bonchev–Trinajstić information content (AvgIpc) is 2.94. The summed E-state index contributed by atoms with van der Waals surface area (Å²) in [5, 5.41) is 9.00. The lowest BCUT2D eigenvalue weighted by molar-refractivity contribution is 0.551. The minimum atomic E-state index is -0.0294. The molecule has 0 bridgehead atoms. The van der Waals surface area contributed by atoms with Crippen molar-refractivity contribution in [3.05, 3.63) is 58.8 Å². The van der Waals surface area contributed by atoms with E-state index in [2.05, 4.69) is 15.9 Å². The van der Waals surface area contributed by atoms with Crippen molar-refractivity contribution in [2.75, 3.05) is 23.9 Å². The van der Waals surface area contributed by atoms with Gasteiger partial charge in [-0.15, -0.1) is 0 Å². The summed E-state index contributed by atoms with van der Waals surface area (Å²) in [6.07, 6.45) is 0. The molecule has 0 aliphatic rings. The number of guanidine groups is 1. The Labute approximate surface area is 149 Å². The van der Waals surface area contributed by atoms with Crippen molar-refractivity contribution in [3.63, 3.8) is 0 Å². The summed E-state index contributed by atoms with van der Waals surface area (Å²) < 4.78 is 6.79. The largest absolute Gasteiger partial charge is 0.459 e. The molecule has 1 aromatic heterocycles. The van der Waals surface area contributed by atoms with E-state index in [1.165, 1.54) is 0 Å². The highest BCUT2D eigenvalue weighted by Crippen LogP contribution is 2.29. The smallest absolute Gasteiger partial charge is 0.193 e. The Balaban J connectivity index is 1.97. The zero-order valence-electron chi connectivity index (χ0n) is 13.6. The van der Waals surface area contributed by atoms with Gasteiger partial charge in [-0.1, -0.05) is 34.1 Å². The molecule has 3 aromatic rings. The van der Waals surface area contributed by atoms with E-state index in [9.17, 15) is 0 Å². The lowest BCUT2D eigenvalue weighted by Gasteiger charge is -2.24. The van der Waals surface area contributed by atoms with Crippen LogP contribution in [0, 0.1) is 5.41 Å². The molecular weight excluding hydrogens is 368 g/mol. The number of anilines is 2. The van der Waals surface area contributed by atoms with Gasteiger partial charge in [0.15, 0.2) is 5.96 Å². The second-order valence-corrected chi connectivity index (χ2v) is 6.70. The van der Waals surface area contributed by atoms with Crippen LogP contribution in [-0.4, -0.2) is 20.1 Å². The van der Waals surface area contributed by atoms with Gasteiger partial charge < -0.3 is 20.0 Å². The lowest BCUT2D eigenvalue weighted by atomic mass is 10.2. The van der Waals surface area contributed by atoms with Gasteiger partial charge in [-0.25, -0.2) is 0 Å². The first-order chi connectivity index (χ1) is 11.4. The van der Waals surface area contributed by atoms with E-state index in [-0.39, 0.29) is 5.96 Å². The Morgan fingerprint density at radius 2 is 1.83 bits per heavy atom. The van der Waals surface area contributed by atoms with Crippen LogP contribution in [0.5, 0.6) is 0 Å². The molecule has 5 nitrogen and oxygen atoms in total. The Bertz CT molecular complexity index is 855. The average molecular weight is 387 g/mol. The maximum absolute atomic E-state index is 7.95. The van der Waals surface area contributed by atoms with Gasteiger partial charge in [-0.2, -0.15) is 0 Å². The molecule has 6 heteroatoms. The molecule has 0 unspecified atom stereocenters. The van der Waals surface area contributed by atoms with E-state index in [1.807, 2.05) is 67.5 Å². The van der Waals surface area contributed by atoms with E-state index in [0.717, 1.165) is 32.6 Å². The topological polar surface area (TPSA) is 69.5 Å². The zero-order valence-corrected chi connectivity index (χ0v) is 15.2. The van der Waals surface area contributed by atoms with Gasteiger partial charge in [0.2, 0.25) is 0 Å². The summed E-state index contributed by atoms with van der Waals surface area (Å²) in [6.45, 7) is 0.396. The van der Waals surface area contributed by atoms with E-state index >= 15 is 0 Å². The summed E-state index contributed by atoms with van der Waals surface area (Å²) >= 11 is 3.52. The molecule has 0 radical (unpaired) electrons. The molecular formula is C18H19BrN4O. The number of furan rings is 1. The van der Waals surface area contributed by atoms with Crippen molar-refractivity contribution in [2.45, 2.75) is 6.54 Å². The predicted molar refractivity (Wildman–Crippen MR) is 103 cm³/mol.